The molecule has 0 aliphatic carbocycles. The van der Waals surface area contributed by atoms with E-state index < -0.39 is 6.04 Å². The second-order valence-electron chi connectivity index (χ2n) is 9.38. The first kappa shape index (κ1) is 28.7. The Bertz CT molecular complexity index is 1380. The van der Waals surface area contributed by atoms with Crippen LogP contribution < -0.4 is 14.8 Å². The number of hydrogen-bond donors (Lipinski definition) is 1. The molecule has 206 valence electrons. The van der Waals surface area contributed by atoms with Crippen molar-refractivity contribution in [2.45, 2.75) is 25.4 Å². The number of nitrogens with one attached hydrogen (secondary N) is 1. The molecule has 0 fully saturated rings. The highest BCUT2D eigenvalue weighted by Gasteiger charge is 2.31. The van der Waals surface area contributed by atoms with Crippen molar-refractivity contribution in [3.63, 3.8) is 0 Å². The predicted octanol–water partition coefficient (Wildman–Crippen LogP) is 6.03. The maximum absolute atomic E-state index is 13.9. The van der Waals surface area contributed by atoms with E-state index in [0.29, 0.717) is 18.0 Å². The first-order valence-corrected chi connectivity index (χ1v) is 13.5. The van der Waals surface area contributed by atoms with E-state index in [0.717, 1.165) is 33.8 Å². The average molecular weight is 557 g/mol. The quantitative estimate of drug-likeness (QED) is 0.231. The Kier molecular flexibility index (Phi) is 10.2. The minimum atomic E-state index is -0.820. The van der Waals surface area contributed by atoms with E-state index in [4.69, 9.17) is 21.1 Å². The number of carbonyl (C=O) groups excluding carboxylic acids is 2. The predicted molar refractivity (Wildman–Crippen MR) is 158 cm³/mol. The molecule has 0 aromatic heterocycles. The number of hydrogen-bond acceptors (Lipinski definition) is 4. The second kappa shape index (κ2) is 14.2. The van der Waals surface area contributed by atoms with E-state index in [1.165, 1.54) is 0 Å². The molecule has 0 radical (unpaired) electrons. The van der Waals surface area contributed by atoms with Gasteiger partial charge in [-0.25, -0.2) is 0 Å². The van der Waals surface area contributed by atoms with Crippen LogP contribution in [0.3, 0.4) is 0 Å². The third-order valence-corrected chi connectivity index (χ3v) is 6.90. The van der Waals surface area contributed by atoms with Gasteiger partial charge in [-0.15, -0.1) is 0 Å². The minimum absolute atomic E-state index is 0.135. The Morgan fingerprint density at radius 2 is 1.30 bits per heavy atom. The van der Waals surface area contributed by atoms with Gasteiger partial charge < -0.3 is 19.7 Å². The highest BCUT2D eigenvalue weighted by Crippen LogP contribution is 2.26. The summed E-state index contributed by atoms with van der Waals surface area (Å²) in [5.41, 5.74) is 3.52. The summed E-state index contributed by atoms with van der Waals surface area (Å²) < 4.78 is 10.5. The van der Waals surface area contributed by atoms with Crippen LogP contribution in [0, 0.1) is 0 Å². The van der Waals surface area contributed by atoms with Crippen LogP contribution in [0.5, 0.6) is 11.5 Å². The topological polar surface area (TPSA) is 67.9 Å². The third-order valence-electron chi connectivity index (χ3n) is 6.65. The molecule has 1 N–H and O–H groups in total. The van der Waals surface area contributed by atoms with Gasteiger partial charge in [-0.2, -0.15) is 0 Å². The molecule has 0 saturated heterocycles. The molecule has 2 amide bonds. The highest BCUT2D eigenvalue weighted by atomic mass is 35.5. The number of rotatable bonds is 12. The van der Waals surface area contributed by atoms with E-state index in [-0.39, 0.29) is 24.8 Å². The normalized spacial score (nSPS) is 11.4. The van der Waals surface area contributed by atoms with Crippen LogP contribution in [0.15, 0.2) is 103 Å². The SMILES string of the molecule is COc1ccc(CCNC(=O)C(c2ccccc2)N(Cc2ccc(OC)cc2)C(=O)Cc2ccc(Cl)cc2)cc1. The highest BCUT2D eigenvalue weighted by molar-refractivity contribution is 6.30. The molecule has 0 aliphatic heterocycles. The van der Waals surface area contributed by atoms with Gasteiger partial charge >= 0.3 is 0 Å². The molecular weight excluding hydrogens is 524 g/mol. The molecule has 1 atom stereocenters. The van der Waals surface area contributed by atoms with Crippen molar-refractivity contribution in [1.29, 1.82) is 0 Å². The lowest BCUT2D eigenvalue weighted by atomic mass is 10.0. The molecule has 4 rings (SSSR count). The number of nitrogens with zero attached hydrogens (tertiary/aromatic N) is 1. The average Bonchev–Trinajstić information content (AvgIpc) is 2.99. The molecule has 0 heterocycles. The molecule has 6 nitrogen and oxygen atoms in total. The van der Waals surface area contributed by atoms with Gasteiger partial charge in [-0.3, -0.25) is 9.59 Å². The van der Waals surface area contributed by atoms with Crippen molar-refractivity contribution in [2.75, 3.05) is 20.8 Å². The van der Waals surface area contributed by atoms with E-state index in [9.17, 15) is 9.59 Å². The Balaban J connectivity index is 1.60. The third kappa shape index (κ3) is 7.87. The van der Waals surface area contributed by atoms with Gasteiger partial charge in [0.05, 0.1) is 20.6 Å². The zero-order chi connectivity index (χ0) is 28.3. The van der Waals surface area contributed by atoms with Crippen molar-refractivity contribution < 1.29 is 19.1 Å². The monoisotopic (exact) mass is 556 g/mol. The zero-order valence-electron chi connectivity index (χ0n) is 22.7. The Labute approximate surface area is 240 Å². The fourth-order valence-electron chi connectivity index (χ4n) is 4.46. The Morgan fingerprint density at radius 3 is 1.88 bits per heavy atom. The van der Waals surface area contributed by atoms with Crippen molar-refractivity contribution in [3.8, 4) is 11.5 Å². The standard InChI is InChI=1S/C33H33ClN2O4/c1-39-29-16-10-24(11-17-29)20-21-35-33(38)32(27-6-4-3-5-7-27)36(23-26-12-18-30(40-2)19-13-26)31(37)22-25-8-14-28(34)15-9-25/h3-19,32H,20-23H2,1-2H3,(H,35,38). The summed E-state index contributed by atoms with van der Waals surface area (Å²) in [5, 5.41) is 3.67. The number of methoxy groups -OCH3 is 2. The molecule has 0 bridgehead atoms. The van der Waals surface area contributed by atoms with Crippen LogP contribution in [-0.4, -0.2) is 37.5 Å². The fraction of sp³-hybridized carbons (Fsp3) is 0.212. The summed E-state index contributed by atoms with van der Waals surface area (Å²) in [5.74, 6) is 1.10. The lowest BCUT2D eigenvalue weighted by Crippen LogP contribution is -2.44. The number of halogens is 1. The van der Waals surface area contributed by atoms with E-state index in [1.54, 1.807) is 31.3 Å². The Hall–Kier alpha value is -4.29. The van der Waals surface area contributed by atoms with Gasteiger partial charge in [0.25, 0.3) is 0 Å². The molecule has 0 spiro atoms. The largest absolute Gasteiger partial charge is 0.497 e. The molecule has 0 saturated carbocycles. The maximum Gasteiger partial charge on any atom is 0.247 e. The summed E-state index contributed by atoms with van der Waals surface area (Å²) in [6.45, 7) is 0.679. The van der Waals surface area contributed by atoms with Gasteiger partial charge in [0.15, 0.2) is 0 Å². The van der Waals surface area contributed by atoms with Gasteiger partial charge in [-0.05, 0) is 65.1 Å². The van der Waals surface area contributed by atoms with E-state index in [2.05, 4.69) is 5.32 Å². The van der Waals surface area contributed by atoms with Crippen molar-refractivity contribution in [2.24, 2.45) is 0 Å². The zero-order valence-corrected chi connectivity index (χ0v) is 23.4. The molecular formula is C33H33ClN2O4. The molecule has 7 heteroatoms. The molecule has 40 heavy (non-hydrogen) atoms. The van der Waals surface area contributed by atoms with Crippen molar-refractivity contribution in [1.82, 2.24) is 10.2 Å². The minimum Gasteiger partial charge on any atom is -0.497 e. The number of carbonyl (C=O) groups is 2. The van der Waals surface area contributed by atoms with Gasteiger partial charge in [0.2, 0.25) is 11.8 Å². The first-order chi connectivity index (χ1) is 19.5. The summed E-state index contributed by atoms with van der Waals surface area (Å²) in [6.07, 6.45) is 0.782. The summed E-state index contributed by atoms with van der Waals surface area (Å²) in [4.78, 5) is 29.3. The first-order valence-electron chi connectivity index (χ1n) is 13.1. The Morgan fingerprint density at radius 1 is 0.750 bits per heavy atom. The van der Waals surface area contributed by atoms with Gasteiger partial charge in [0, 0.05) is 18.1 Å². The summed E-state index contributed by atoms with van der Waals surface area (Å²) >= 11 is 6.06. The van der Waals surface area contributed by atoms with Gasteiger partial charge in [0.1, 0.15) is 17.5 Å². The second-order valence-corrected chi connectivity index (χ2v) is 9.81. The number of benzene rings is 4. The van der Waals surface area contributed by atoms with Crippen LogP contribution in [0.25, 0.3) is 0 Å². The number of ether oxygens (including phenoxy) is 2. The molecule has 4 aromatic rings. The van der Waals surface area contributed by atoms with Crippen molar-refractivity contribution in [3.05, 3.63) is 130 Å². The lowest BCUT2D eigenvalue weighted by molar-refractivity contribution is -0.141. The smallest absolute Gasteiger partial charge is 0.247 e. The molecule has 0 aliphatic rings. The summed E-state index contributed by atoms with van der Waals surface area (Å²) in [6, 6.07) is 31.0. The van der Waals surface area contributed by atoms with Crippen LogP contribution in [-0.2, 0) is 29.0 Å². The maximum atomic E-state index is 13.9. The van der Waals surface area contributed by atoms with Gasteiger partial charge in [-0.1, -0.05) is 78.3 Å². The molecule has 1 unspecified atom stereocenters. The molecule has 4 aromatic carbocycles. The van der Waals surface area contributed by atoms with Crippen LogP contribution in [0.4, 0.5) is 0 Å². The summed E-state index contributed by atoms with van der Waals surface area (Å²) in [7, 11) is 3.24. The van der Waals surface area contributed by atoms with Crippen LogP contribution in [0.1, 0.15) is 28.3 Å². The van der Waals surface area contributed by atoms with E-state index >= 15 is 0 Å². The van der Waals surface area contributed by atoms with Crippen molar-refractivity contribution >= 4 is 23.4 Å². The number of amides is 2. The van der Waals surface area contributed by atoms with Crippen LogP contribution in [0.2, 0.25) is 5.02 Å². The van der Waals surface area contributed by atoms with E-state index in [1.807, 2.05) is 91.0 Å². The van der Waals surface area contributed by atoms with Crippen LogP contribution >= 0.6 is 11.6 Å². The fourth-order valence-corrected chi connectivity index (χ4v) is 4.58. The lowest BCUT2D eigenvalue weighted by Gasteiger charge is -2.32.